The van der Waals surface area contributed by atoms with Crippen molar-refractivity contribution < 1.29 is 9.32 Å². The van der Waals surface area contributed by atoms with E-state index >= 15 is 0 Å². The number of aromatic nitrogens is 3. The van der Waals surface area contributed by atoms with E-state index in [1.165, 1.54) is 28.6 Å². The molecule has 0 atom stereocenters. The molecule has 24 heavy (non-hydrogen) atoms. The van der Waals surface area contributed by atoms with Crippen molar-refractivity contribution in [3.8, 4) is 0 Å². The molecule has 3 aromatic heterocycles. The number of thioether (sulfide) groups is 1. The summed E-state index contributed by atoms with van der Waals surface area (Å²) in [6.07, 6.45) is 3.41. The number of nitrogens with one attached hydrogen (secondary N) is 1. The van der Waals surface area contributed by atoms with Gasteiger partial charge in [0.15, 0.2) is 5.82 Å². The lowest BCUT2D eigenvalue weighted by molar-refractivity contribution is -0.113. The molecule has 1 amide bonds. The number of amides is 1. The van der Waals surface area contributed by atoms with Crippen molar-refractivity contribution in [1.29, 1.82) is 0 Å². The lowest BCUT2D eigenvalue weighted by Gasteiger charge is -2.05. The highest BCUT2D eigenvalue weighted by molar-refractivity contribution is 8.00. The number of hydrogen-bond donors (Lipinski definition) is 1. The van der Waals surface area contributed by atoms with Crippen LogP contribution in [-0.2, 0) is 17.6 Å². The molecule has 1 aliphatic carbocycles. The first-order valence-electron chi connectivity index (χ1n) is 7.75. The summed E-state index contributed by atoms with van der Waals surface area (Å²) in [6.45, 7) is 3.68. The van der Waals surface area contributed by atoms with Gasteiger partial charge in [-0.15, -0.1) is 11.3 Å². The Labute approximate surface area is 147 Å². The normalized spacial score (nSPS) is 13.4. The van der Waals surface area contributed by atoms with Gasteiger partial charge < -0.3 is 9.84 Å². The Kier molecular flexibility index (Phi) is 4.01. The number of hydrogen-bond acceptors (Lipinski definition) is 7. The van der Waals surface area contributed by atoms with E-state index in [1.54, 1.807) is 24.3 Å². The van der Waals surface area contributed by atoms with E-state index in [1.807, 2.05) is 6.92 Å². The van der Waals surface area contributed by atoms with Crippen molar-refractivity contribution in [2.24, 2.45) is 0 Å². The van der Waals surface area contributed by atoms with Crippen LogP contribution in [0.25, 0.3) is 10.2 Å². The lowest BCUT2D eigenvalue weighted by atomic mass is 10.2. The summed E-state index contributed by atoms with van der Waals surface area (Å²) in [7, 11) is 0. The van der Waals surface area contributed by atoms with Crippen molar-refractivity contribution in [2.75, 3.05) is 11.1 Å². The molecule has 124 valence electrons. The average Bonchev–Trinajstić information content (AvgIpc) is 3.20. The molecular formula is C16H16N4O2S2. The van der Waals surface area contributed by atoms with E-state index in [2.05, 4.69) is 20.4 Å². The fourth-order valence-corrected chi connectivity index (χ4v) is 5.18. The lowest BCUT2D eigenvalue weighted by Crippen LogP contribution is -2.14. The zero-order valence-electron chi connectivity index (χ0n) is 13.4. The van der Waals surface area contributed by atoms with E-state index in [9.17, 15) is 4.79 Å². The highest BCUT2D eigenvalue weighted by atomic mass is 32.2. The Morgan fingerprint density at radius 3 is 3.04 bits per heavy atom. The highest BCUT2D eigenvalue weighted by Crippen LogP contribution is 2.40. The first kappa shape index (κ1) is 15.6. The Hall–Kier alpha value is -1.93. The number of carbonyl (C=O) groups is 1. The molecular weight excluding hydrogens is 344 g/mol. The third-order valence-corrected chi connectivity index (χ3v) is 6.04. The fourth-order valence-electron chi connectivity index (χ4n) is 2.91. The highest BCUT2D eigenvalue weighted by Gasteiger charge is 2.22. The zero-order valence-corrected chi connectivity index (χ0v) is 15.0. The zero-order chi connectivity index (χ0) is 16.7. The van der Waals surface area contributed by atoms with Crippen molar-refractivity contribution in [2.45, 2.75) is 38.1 Å². The molecule has 1 aliphatic rings. The number of thiophene rings is 1. The first-order valence-corrected chi connectivity index (χ1v) is 9.55. The maximum atomic E-state index is 12.1. The molecule has 0 fully saturated rings. The first-order chi connectivity index (χ1) is 11.6. The number of nitrogens with zero attached hydrogens (tertiary/aromatic N) is 3. The Balaban J connectivity index is 1.55. The van der Waals surface area contributed by atoms with Crippen molar-refractivity contribution in [3.05, 3.63) is 28.1 Å². The van der Waals surface area contributed by atoms with E-state index in [0.717, 1.165) is 33.9 Å². The summed E-state index contributed by atoms with van der Waals surface area (Å²) in [4.78, 5) is 23.7. The molecule has 3 aromatic rings. The SMILES string of the molecule is Cc1nc(SCC(=O)Nc2cc(C)on2)c2c3c(sc2n1)CCC3. The summed E-state index contributed by atoms with van der Waals surface area (Å²) in [5, 5.41) is 8.56. The quantitative estimate of drug-likeness (QED) is 0.566. The van der Waals surface area contributed by atoms with Crippen LogP contribution in [0.5, 0.6) is 0 Å². The fraction of sp³-hybridized carbons (Fsp3) is 0.375. The summed E-state index contributed by atoms with van der Waals surface area (Å²) in [6, 6.07) is 1.70. The Bertz CT molecular complexity index is 932. The molecule has 6 nitrogen and oxygen atoms in total. The molecule has 1 N–H and O–H groups in total. The van der Waals surface area contributed by atoms with Gasteiger partial charge in [-0.25, -0.2) is 9.97 Å². The van der Waals surface area contributed by atoms with Crippen LogP contribution in [0, 0.1) is 13.8 Å². The van der Waals surface area contributed by atoms with Crippen LogP contribution in [0.2, 0.25) is 0 Å². The van der Waals surface area contributed by atoms with Crippen LogP contribution in [0.1, 0.15) is 28.4 Å². The van der Waals surface area contributed by atoms with E-state index in [4.69, 9.17) is 4.52 Å². The average molecular weight is 360 g/mol. The summed E-state index contributed by atoms with van der Waals surface area (Å²) in [5.74, 6) is 2.02. The monoisotopic (exact) mass is 360 g/mol. The topological polar surface area (TPSA) is 80.9 Å². The van der Waals surface area contributed by atoms with Gasteiger partial charge in [0, 0.05) is 16.3 Å². The van der Waals surface area contributed by atoms with Gasteiger partial charge in [-0.1, -0.05) is 16.9 Å². The van der Waals surface area contributed by atoms with Crippen LogP contribution in [0.15, 0.2) is 15.6 Å². The Morgan fingerprint density at radius 1 is 1.38 bits per heavy atom. The molecule has 0 aliphatic heterocycles. The summed E-state index contributed by atoms with van der Waals surface area (Å²) >= 11 is 3.22. The maximum absolute atomic E-state index is 12.1. The predicted molar refractivity (Wildman–Crippen MR) is 94.8 cm³/mol. The van der Waals surface area contributed by atoms with Crippen LogP contribution < -0.4 is 5.32 Å². The third kappa shape index (κ3) is 2.91. The van der Waals surface area contributed by atoms with Crippen LogP contribution in [-0.4, -0.2) is 26.8 Å². The molecule has 0 saturated carbocycles. The van der Waals surface area contributed by atoms with E-state index in [-0.39, 0.29) is 11.7 Å². The molecule has 0 radical (unpaired) electrons. The summed E-state index contributed by atoms with van der Waals surface area (Å²) in [5.41, 5.74) is 1.38. The second-order valence-electron chi connectivity index (χ2n) is 5.77. The molecule has 0 saturated heterocycles. The molecule has 8 heteroatoms. The largest absolute Gasteiger partial charge is 0.360 e. The smallest absolute Gasteiger partial charge is 0.236 e. The maximum Gasteiger partial charge on any atom is 0.236 e. The summed E-state index contributed by atoms with van der Waals surface area (Å²) < 4.78 is 4.95. The van der Waals surface area contributed by atoms with E-state index in [0.29, 0.717) is 11.6 Å². The molecule has 3 heterocycles. The van der Waals surface area contributed by atoms with E-state index < -0.39 is 0 Å². The third-order valence-electron chi connectivity index (χ3n) is 3.88. The molecule has 0 aromatic carbocycles. The van der Waals surface area contributed by atoms with Crippen LogP contribution in [0.4, 0.5) is 5.82 Å². The van der Waals surface area contributed by atoms with Gasteiger partial charge in [-0.05, 0) is 38.7 Å². The molecule has 0 bridgehead atoms. The van der Waals surface area contributed by atoms with Gasteiger partial charge in [-0.2, -0.15) is 0 Å². The van der Waals surface area contributed by atoms with Crippen molar-refractivity contribution in [3.63, 3.8) is 0 Å². The molecule has 4 rings (SSSR count). The minimum atomic E-state index is -0.121. The van der Waals surface area contributed by atoms with Gasteiger partial charge in [-0.3, -0.25) is 4.79 Å². The predicted octanol–water partition coefficient (Wildman–Crippen LogP) is 3.52. The van der Waals surface area contributed by atoms with Crippen molar-refractivity contribution >= 4 is 45.0 Å². The minimum Gasteiger partial charge on any atom is -0.360 e. The number of rotatable bonds is 4. The Morgan fingerprint density at radius 2 is 2.25 bits per heavy atom. The number of anilines is 1. The standard InChI is InChI=1S/C16H16N4O2S2/c1-8-6-12(20-22-8)19-13(21)7-23-15-14-10-4-3-5-11(10)24-16(14)18-9(2)17-15/h6H,3-5,7H2,1-2H3,(H,19,20,21). The van der Waals surface area contributed by atoms with Crippen LogP contribution >= 0.6 is 23.1 Å². The van der Waals surface area contributed by atoms with Gasteiger partial charge in [0.1, 0.15) is 21.4 Å². The van der Waals surface area contributed by atoms with Gasteiger partial charge >= 0.3 is 0 Å². The van der Waals surface area contributed by atoms with Gasteiger partial charge in [0.25, 0.3) is 0 Å². The van der Waals surface area contributed by atoms with Gasteiger partial charge in [0.2, 0.25) is 5.91 Å². The van der Waals surface area contributed by atoms with Crippen LogP contribution in [0.3, 0.4) is 0 Å². The van der Waals surface area contributed by atoms with Gasteiger partial charge in [0.05, 0.1) is 5.75 Å². The molecule has 0 unspecified atom stereocenters. The minimum absolute atomic E-state index is 0.121. The number of aryl methyl sites for hydroxylation is 4. The number of carbonyl (C=O) groups excluding carboxylic acids is 1. The second-order valence-corrected chi connectivity index (χ2v) is 7.82. The number of fused-ring (bicyclic) bond motifs is 3. The van der Waals surface area contributed by atoms with Crippen molar-refractivity contribution in [1.82, 2.24) is 15.1 Å². The molecule has 0 spiro atoms. The second kappa shape index (κ2) is 6.18.